The molecule has 2 heteroatoms. The van der Waals surface area contributed by atoms with Gasteiger partial charge in [0.2, 0.25) is 0 Å². The highest BCUT2D eigenvalue weighted by Crippen LogP contribution is 2.26. The largest absolute Gasteiger partial charge is 0.303 e. The maximum Gasteiger partial charge on any atom is 0.137 e. The van der Waals surface area contributed by atoms with Gasteiger partial charge in [-0.05, 0) is 39.2 Å². The average Bonchev–Trinajstić information content (AvgIpc) is 2.23. The van der Waals surface area contributed by atoms with E-state index in [-0.39, 0.29) is 0 Å². The number of carbonyl (C=O) groups excluding carboxylic acids is 1. The van der Waals surface area contributed by atoms with E-state index in [2.05, 4.69) is 32.7 Å². The molecular formula is C14H27NO. The number of ketones is 1. The second kappa shape index (κ2) is 6.39. The molecule has 0 N–H and O–H groups in total. The summed E-state index contributed by atoms with van der Waals surface area (Å²) in [5.41, 5.74) is 0. The van der Waals surface area contributed by atoms with Gasteiger partial charge in [-0.2, -0.15) is 0 Å². The van der Waals surface area contributed by atoms with Gasteiger partial charge >= 0.3 is 0 Å². The number of carbonyl (C=O) groups is 1. The SMILES string of the molecule is CCCC(C)N(C)CC1CC(C)CCC1=O. The molecule has 1 fully saturated rings. The molecule has 1 aliphatic rings. The Morgan fingerprint density at radius 3 is 2.81 bits per heavy atom. The van der Waals surface area contributed by atoms with Crippen molar-refractivity contribution in [3.8, 4) is 0 Å². The highest BCUT2D eigenvalue weighted by Gasteiger charge is 2.27. The minimum atomic E-state index is 0.299. The third-order valence-electron chi connectivity index (χ3n) is 3.99. The van der Waals surface area contributed by atoms with E-state index in [0.717, 1.165) is 31.7 Å². The molecular weight excluding hydrogens is 198 g/mol. The molecule has 0 heterocycles. The molecule has 94 valence electrons. The van der Waals surface area contributed by atoms with E-state index in [0.29, 0.717) is 17.7 Å². The number of hydrogen-bond donors (Lipinski definition) is 0. The van der Waals surface area contributed by atoms with Crippen LogP contribution in [0.4, 0.5) is 0 Å². The van der Waals surface area contributed by atoms with Crippen molar-refractivity contribution in [1.29, 1.82) is 0 Å². The van der Waals surface area contributed by atoms with Gasteiger partial charge in [0.1, 0.15) is 5.78 Å². The molecule has 0 bridgehead atoms. The van der Waals surface area contributed by atoms with Crippen LogP contribution in [0.5, 0.6) is 0 Å². The fourth-order valence-corrected chi connectivity index (χ4v) is 2.67. The smallest absolute Gasteiger partial charge is 0.137 e. The number of rotatable bonds is 5. The second-order valence-corrected chi connectivity index (χ2v) is 5.62. The second-order valence-electron chi connectivity index (χ2n) is 5.62. The van der Waals surface area contributed by atoms with Gasteiger partial charge in [-0.1, -0.05) is 20.3 Å². The van der Waals surface area contributed by atoms with Crippen LogP contribution in [0.1, 0.15) is 52.9 Å². The Labute approximate surface area is 100 Å². The molecule has 0 aromatic rings. The van der Waals surface area contributed by atoms with Gasteiger partial charge in [-0.25, -0.2) is 0 Å². The Morgan fingerprint density at radius 2 is 2.19 bits per heavy atom. The predicted molar refractivity (Wildman–Crippen MR) is 68.5 cm³/mol. The van der Waals surface area contributed by atoms with Gasteiger partial charge < -0.3 is 4.90 Å². The minimum Gasteiger partial charge on any atom is -0.303 e. The van der Waals surface area contributed by atoms with Crippen molar-refractivity contribution < 1.29 is 4.79 Å². The summed E-state index contributed by atoms with van der Waals surface area (Å²) >= 11 is 0. The van der Waals surface area contributed by atoms with Crippen LogP contribution in [-0.4, -0.2) is 30.3 Å². The van der Waals surface area contributed by atoms with E-state index in [1.165, 1.54) is 12.8 Å². The maximum atomic E-state index is 11.8. The van der Waals surface area contributed by atoms with Crippen LogP contribution in [0.2, 0.25) is 0 Å². The Bertz CT molecular complexity index is 227. The van der Waals surface area contributed by atoms with E-state index in [1.807, 2.05) is 0 Å². The van der Waals surface area contributed by atoms with Crippen LogP contribution in [0.3, 0.4) is 0 Å². The predicted octanol–water partition coefficient (Wildman–Crippen LogP) is 3.11. The van der Waals surface area contributed by atoms with Gasteiger partial charge in [0.05, 0.1) is 0 Å². The molecule has 2 nitrogen and oxygen atoms in total. The molecule has 0 aromatic carbocycles. The first-order valence-electron chi connectivity index (χ1n) is 6.77. The van der Waals surface area contributed by atoms with Crippen LogP contribution >= 0.6 is 0 Å². The van der Waals surface area contributed by atoms with E-state index in [4.69, 9.17) is 0 Å². The third-order valence-corrected chi connectivity index (χ3v) is 3.99. The lowest BCUT2D eigenvalue weighted by Gasteiger charge is -2.32. The van der Waals surface area contributed by atoms with Gasteiger partial charge in [-0.3, -0.25) is 4.79 Å². The lowest BCUT2D eigenvalue weighted by molar-refractivity contribution is -0.126. The summed E-state index contributed by atoms with van der Waals surface area (Å²) in [5, 5.41) is 0. The first-order valence-corrected chi connectivity index (χ1v) is 6.77. The summed E-state index contributed by atoms with van der Waals surface area (Å²) in [6, 6.07) is 0.607. The highest BCUT2D eigenvalue weighted by atomic mass is 16.1. The molecule has 16 heavy (non-hydrogen) atoms. The fraction of sp³-hybridized carbons (Fsp3) is 0.929. The Kier molecular flexibility index (Phi) is 5.47. The van der Waals surface area contributed by atoms with Gasteiger partial charge in [0.25, 0.3) is 0 Å². The molecule has 1 rings (SSSR count). The molecule has 0 aromatic heterocycles. The summed E-state index contributed by atoms with van der Waals surface area (Å²) < 4.78 is 0. The number of Topliss-reactive ketones (excluding diaryl/α,β-unsaturated/α-hetero) is 1. The van der Waals surface area contributed by atoms with E-state index in [1.54, 1.807) is 0 Å². The van der Waals surface area contributed by atoms with Crippen LogP contribution in [-0.2, 0) is 4.79 Å². The molecule has 1 saturated carbocycles. The molecule has 3 unspecified atom stereocenters. The summed E-state index contributed by atoms with van der Waals surface area (Å²) in [6.07, 6.45) is 5.46. The van der Waals surface area contributed by atoms with E-state index in [9.17, 15) is 4.79 Å². The first kappa shape index (κ1) is 13.7. The van der Waals surface area contributed by atoms with E-state index >= 15 is 0 Å². The molecule has 0 aliphatic heterocycles. The Morgan fingerprint density at radius 1 is 1.50 bits per heavy atom. The number of hydrogen-bond acceptors (Lipinski definition) is 2. The Balaban J connectivity index is 2.42. The van der Waals surface area contributed by atoms with Crippen molar-refractivity contribution in [2.45, 2.75) is 58.9 Å². The van der Waals surface area contributed by atoms with Crippen molar-refractivity contribution in [2.24, 2.45) is 11.8 Å². The Hall–Kier alpha value is -0.370. The standard InChI is InChI=1S/C14H27NO/c1-5-6-12(3)15(4)10-13-9-11(2)7-8-14(13)16/h11-13H,5-10H2,1-4H3. The zero-order valence-corrected chi connectivity index (χ0v) is 11.3. The molecule has 3 atom stereocenters. The van der Waals surface area contributed by atoms with Crippen molar-refractivity contribution >= 4 is 5.78 Å². The molecule has 0 saturated heterocycles. The quantitative estimate of drug-likeness (QED) is 0.716. The van der Waals surface area contributed by atoms with Crippen molar-refractivity contribution in [2.75, 3.05) is 13.6 Å². The van der Waals surface area contributed by atoms with Crippen molar-refractivity contribution in [3.63, 3.8) is 0 Å². The fourth-order valence-electron chi connectivity index (χ4n) is 2.67. The maximum absolute atomic E-state index is 11.8. The monoisotopic (exact) mass is 225 g/mol. The molecule has 1 aliphatic carbocycles. The summed E-state index contributed by atoms with van der Waals surface area (Å²) in [7, 11) is 2.16. The van der Waals surface area contributed by atoms with E-state index < -0.39 is 0 Å². The molecule has 0 amide bonds. The highest BCUT2D eigenvalue weighted by molar-refractivity contribution is 5.81. The number of nitrogens with zero attached hydrogens (tertiary/aromatic N) is 1. The lowest BCUT2D eigenvalue weighted by atomic mass is 9.81. The average molecular weight is 225 g/mol. The van der Waals surface area contributed by atoms with Gasteiger partial charge in [0, 0.05) is 24.9 Å². The van der Waals surface area contributed by atoms with Gasteiger partial charge in [0.15, 0.2) is 0 Å². The summed E-state index contributed by atoms with van der Waals surface area (Å²) in [6.45, 7) is 7.72. The lowest BCUT2D eigenvalue weighted by Crippen LogP contribution is -2.38. The van der Waals surface area contributed by atoms with Crippen LogP contribution < -0.4 is 0 Å². The minimum absolute atomic E-state index is 0.299. The zero-order valence-electron chi connectivity index (χ0n) is 11.3. The molecule has 0 spiro atoms. The van der Waals surface area contributed by atoms with Crippen molar-refractivity contribution in [1.82, 2.24) is 4.90 Å². The zero-order chi connectivity index (χ0) is 12.1. The topological polar surface area (TPSA) is 20.3 Å². The first-order chi connectivity index (χ1) is 7.54. The van der Waals surface area contributed by atoms with Crippen LogP contribution in [0, 0.1) is 11.8 Å². The van der Waals surface area contributed by atoms with Crippen LogP contribution in [0.15, 0.2) is 0 Å². The third kappa shape index (κ3) is 3.89. The summed E-state index contributed by atoms with van der Waals surface area (Å²) in [5.74, 6) is 1.53. The summed E-state index contributed by atoms with van der Waals surface area (Å²) in [4.78, 5) is 14.2. The normalized spacial score (nSPS) is 28.4. The van der Waals surface area contributed by atoms with Crippen molar-refractivity contribution in [3.05, 3.63) is 0 Å². The van der Waals surface area contributed by atoms with Crippen LogP contribution in [0.25, 0.3) is 0 Å². The van der Waals surface area contributed by atoms with Gasteiger partial charge in [-0.15, -0.1) is 0 Å². The molecule has 0 radical (unpaired) electrons.